The lowest BCUT2D eigenvalue weighted by molar-refractivity contribution is -0.133. The van der Waals surface area contributed by atoms with Gasteiger partial charge in [-0.1, -0.05) is 5.16 Å². The summed E-state index contributed by atoms with van der Waals surface area (Å²) in [7, 11) is 0. The van der Waals surface area contributed by atoms with Crippen molar-refractivity contribution in [3.05, 3.63) is 28.3 Å². The lowest BCUT2D eigenvalue weighted by Gasteiger charge is -2.37. The van der Waals surface area contributed by atoms with Gasteiger partial charge in [-0.2, -0.15) is 4.98 Å². The summed E-state index contributed by atoms with van der Waals surface area (Å²) >= 11 is 1.69. The Hall–Kier alpha value is -1.80. The molecule has 3 heterocycles. The maximum absolute atomic E-state index is 12.3. The van der Waals surface area contributed by atoms with E-state index < -0.39 is 0 Å². The molecule has 0 aromatic carbocycles. The summed E-state index contributed by atoms with van der Waals surface area (Å²) in [5, 5.41) is 6.91. The highest BCUT2D eigenvalue weighted by Crippen LogP contribution is 2.23. The molecule has 1 saturated heterocycles. The molecule has 8 heteroatoms. The van der Waals surface area contributed by atoms with Crippen molar-refractivity contribution in [2.45, 2.75) is 39.2 Å². The van der Waals surface area contributed by atoms with Gasteiger partial charge in [-0.15, -0.1) is 11.3 Å². The van der Waals surface area contributed by atoms with Crippen molar-refractivity contribution in [2.24, 2.45) is 0 Å². The van der Waals surface area contributed by atoms with Gasteiger partial charge >= 0.3 is 0 Å². The average Bonchev–Trinajstić information content (AvgIpc) is 3.26. The van der Waals surface area contributed by atoms with Gasteiger partial charge in [0.1, 0.15) is 5.01 Å². The van der Waals surface area contributed by atoms with Crippen molar-refractivity contribution < 1.29 is 9.32 Å². The Bertz CT molecular complexity index is 649. The second-order valence-electron chi connectivity index (χ2n) is 6.05. The van der Waals surface area contributed by atoms with E-state index >= 15 is 0 Å². The van der Waals surface area contributed by atoms with E-state index in [0.29, 0.717) is 30.6 Å². The molecule has 130 valence electrons. The van der Waals surface area contributed by atoms with E-state index in [0.717, 1.165) is 37.6 Å². The molecular weight excluding hydrogens is 326 g/mol. The molecule has 1 unspecified atom stereocenters. The molecule has 1 atom stereocenters. The molecule has 0 N–H and O–H groups in total. The van der Waals surface area contributed by atoms with Gasteiger partial charge in [0.15, 0.2) is 5.82 Å². The van der Waals surface area contributed by atoms with Crippen molar-refractivity contribution in [1.29, 1.82) is 0 Å². The minimum absolute atomic E-state index is 0.216. The third-order valence-electron chi connectivity index (χ3n) is 4.37. The molecule has 3 rings (SSSR count). The summed E-state index contributed by atoms with van der Waals surface area (Å²) in [6.07, 6.45) is 3.79. The molecule has 2 aromatic heterocycles. The predicted molar refractivity (Wildman–Crippen MR) is 90.7 cm³/mol. The first-order valence-corrected chi connectivity index (χ1v) is 9.22. The van der Waals surface area contributed by atoms with Crippen molar-refractivity contribution >= 4 is 17.2 Å². The average molecular weight is 349 g/mol. The highest BCUT2D eigenvalue weighted by molar-refractivity contribution is 7.09. The molecule has 0 saturated carbocycles. The number of nitrogens with zero attached hydrogens (tertiary/aromatic N) is 5. The highest BCUT2D eigenvalue weighted by Gasteiger charge is 2.25. The standard InChI is InChI=1S/C16H23N5O2S/c1-12(16-17-6-11-24-16)20-7-9-21(10-8-20)15(22)5-3-4-14-18-13(2)19-23-14/h6,11-12H,3-5,7-10H2,1-2H3. The van der Waals surface area contributed by atoms with E-state index in [-0.39, 0.29) is 5.91 Å². The quantitative estimate of drug-likeness (QED) is 0.795. The normalized spacial score (nSPS) is 17.2. The molecule has 0 aliphatic carbocycles. The van der Waals surface area contributed by atoms with Gasteiger partial charge in [0.05, 0.1) is 6.04 Å². The first-order valence-electron chi connectivity index (χ1n) is 8.34. The van der Waals surface area contributed by atoms with E-state index in [1.165, 1.54) is 0 Å². The van der Waals surface area contributed by atoms with Gasteiger partial charge in [0, 0.05) is 50.6 Å². The summed E-state index contributed by atoms with van der Waals surface area (Å²) in [5.74, 6) is 1.47. The minimum atomic E-state index is 0.216. The van der Waals surface area contributed by atoms with Crippen LogP contribution in [0.4, 0.5) is 0 Å². The van der Waals surface area contributed by atoms with Crippen LogP contribution in [0.25, 0.3) is 0 Å². The van der Waals surface area contributed by atoms with E-state index in [1.807, 2.05) is 16.5 Å². The molecule has 1 aliphatic rings. The van der Waals surface area contributed by atoms with Gasteiger partial charge < -0.3 is 9.42 Å². The van der Waals surface area contributed by atoms with Crippen LogP contribution >= 0.6 is 11.3 Å². The van der Waals surface area contributed by atoms with Gasteiger partial charge in [-0.3, -0.25) is 9.69 Å². The summed E-state index contributed by atoms with van der Waals surface area (Å²) in [4.78, 5) is 25.2. The molecule has 0 bridgehead atoms. The molecular formula is C16H23N5O2S. The number of thiazole rings is 1. The Morgan fingerprint density at radius 3 is 2.79 bits per heavy atom. The molecule has 0 radical (unpaired) electrons. The third-order valence-corrected chi connectivity index (χ3v) is 5.32. The van der Waals surface area contributed by atoms with Crippen molar-refractivity contribution in [3.63, 3.8) is 0 Å². The van der Waals surface area contributed by atoms with Crippen LogP contribution in [0.5, 0.6) is 0 Å². The van der Waals surface area contributed by atoms with Crippen LogP contribution in [-0.4, -0.2) is 57.0 Å². The largest absolute Gasteiger partial charge is 0.340 e. The van der Waals surface area contributed by atoms with Crippen LogP contribution in [-0.2, 0) is 11.2 Å². The van der Waals surface area contributed by atoms with E-state index in [1.54, 1.807) is 18.3 Å². The monoisotopic (exact) mass is 349 g/mol. The van der Waals surface area contributed by atoms with Crippen LogP contribution < -0.4 is 0 Å². The van der Waals surface area contributed by atoms with E-state index in [9.17, 15) is 4.79 Å². The zero-order valence-electron chi connectivity index (χ0n) is 14.1. The predicted octanol–water partition coefficient (Wildman–Crippen LogP) is 2.06. The number of amides is 1. The number of piperazine rings is 1. The Kier molecular flexibility index (Phi) is 5.57. The first-order chi connectivity index (χ1) is 11.6. The number of rotatable bonds is 6. The Morgan fingerprint density at radius 1 is 1.38 bits per heavy atom. The van der Waals surface area contributed by atoms with Crippen LogP contribution in [0.15, 0.2) is 16.1 Å². The van der Waals surface area contributed by atoms with Crippen molar-refractivity contribution in [3.8, 4) is 0 Å². The smallest absolute Gasteiger partial charge is 0.226 e. The van der Waals surface area contributed by atoms with Gasteiger partial charge in [-0.05, 0) is 20.3 Å². The second kappa shape index (κ2) is 7.85. The Morgan fingerprint density at radius 2 is 2.17 bits per heavy atom. The maximum Gasteiger partial charge on any atom is 0.226 e. The van der Waals surface area contributed by atoms with Crippen LogP contribution in [0.1, 0.15) is 42.5 Å². The molecule has 24 heavy (non-hydrogen) atoms. The van der Waals surface area contributed by atoms with Crippen LogP contribution in [0.2, 0.25) is 0 Å². The van der Waals surface area contributed by atoms with E-state index in [2.05, 4.69) is 26.9 Å². The van der Waals surface area contributed by atoms with Crippen LogP contribution in [0, 0.1) is 6.92 Å². The molecule has 2 aromatic rings. The number of hydrogen-bond acceptors (Lipinski definition) is 7. The maximum atomic E-state index is 12.3. The number of carbonyl (C=O) groups is 1. The summed E-state index contributed by atoms with van der Waals surface area (Å²) < 4.78 is 5.07. The molecule has 0 spiro atoms. The number of aryl methyl sites for hydroxylation is 2. The third kappa shape index (κ3) is 4.18. The Balaban J connectivity index is 1.40. The zero-order chi connectivity index (χ0) is 16.9. The Labute approximate surface area is 145 Å². The van der Waals surface area contributed by atoms with Crippen LogP contribution in [0.3, 0.4) is 0 Å². The number of aromatic nitrogens is 3. The summed E-state index contributed by atoms with van der Waals surface area (Å²) in [6, 6.07) is 0.322. The molecule has 1 fully saturated rings. The van der Waals surface area contributed by atoms with Crippen molar-refractivity contribution in [2.75, 3.05) is 26.2 Å². The fraction of sp³-hybridized carbons (Fsp3) is 0.625. The SMILES string of the molecule is Cc1noc(CCCC(=O)N2CCN(C(C)c3nccs3)CC2)n1. The fourth-order valence-electron chi connectivity index (χ4n) is 2.95. The summed E-state index contributed by atoms with van der Waals surface area (Å²) in [5.41, 5.74) is 0. The molecule has 1 amide bonds. The number of carbonyl (C=O) groups excluding carboxylic acids is 1. The van der Waals surface area contributed by atoms with Gasteiger partial charge in [0.2, 0.25) is 11.8 Å². The minimum Gasteiger partial charge on any atom is -0.340 e. The summed E-state index contributed by atoms with van der Waals surface area (Å²) in [6.45, 7) is 7.35. The molecule has 7 nitrogen and oxygen atoms in total. The molecule has 1 aliphatic heterocycles. The first kappa shape index (κ1) is 17.0. The number of hydrogen-bond donors (Lipinski definition) is 0. The second-order valence-corrected chi connectivity index (χ2v) is 6.98. The van der Waals surface area contributed by atoms with Gasteiger partial charge in [-0.25, -0.2) is 4.98 Å². The topological polar surface area (TPSA) is 75.4 Å². The lowest BCUT2D eigenvalue weighted by Crippen LogP contribution is -2.49. The van der Waals surface area contributed by atoms with Crippen molar-refractivity contribution in [1.82, 2.24) is 24.9 Å². The lowest BCUT2D eigenvalue weighted by atomic mass is 10.2. The van der Waals surface area contributed by atoms with E-state index in [4.69, 9.17) is 4.52 Å². The van der Waals surface area contributed by atoms with Gasteiger partial charge in [0.25, 0.3) is 0 Å². The fourth-order valence-corrected chi connectivity index (χ4v) is 3.68. The highest BCUT2D eigenvalue weighted by atomic mass is 32.1. The zero-order valence-corrected chi connectivity index (χ0v) is 15.0.